The highest BCUT2D eigenvalue weighted by molar-refractivity contribution is 7.80. The molecule has 1 aromatic carbocycles. The van der Waals surface area contributed by atoms with E-state index < -0.39 is 0 Å². The van der Waals surface area contributed by atoms with Gasteiger partial charge in [0.15, 0.2) is 5.11 Å². The Morgan fingerprint density at radius 1 is 1.09 bits per heavy atom. The number of nitrogens with one attached hydrogen (secondary N) is 4. The van der Waals surface area contributed by atoms with Crippen molar-refractivity contribution in [3.63, 3.8) is 0 Å². The molecule has 34 heavy (non-hydrogen) atoms. The maximum absolute atomic E-state index is 6.16. The molecule has 1 fully saturated rings. The number of piperidine rings is 1. The van der Waals surface area contributed by atoms with Crippen molar-refractivity contribution in [2.75, 3.05) is 17.7 Å². The highest BCUT2D eigenvalue weighted by Gasteiger charge is 2.37. The highest BCUT2D eigenvalue weighted by Crippen LogP contribution is 2.30. The summed E-state index contributed by atoms with van der Waals surface area (Å²) in [5.74, 6) is 1.56. The second kappa shape index (κ2) is 10.4. The van der Waals surface area contributed by atoms with Gasteiger partial charge in [0.05, 0.1) is 18.8 Å². The number of benzene rings is 1. The van der Waals surface area contributed by atoms with Gasteiger partial charge in [0.25, 0.3) is 0 Å². The Hall–Kier alpha value is -2.49. The van der Waals surface area contributed by atoms with Gasteiger partial charge in [0, 0.05) is 27.5 Å². The first-order chi connectivity index (χ1) is 15.8. The molecule has 2 aromatic rings. The molecule has 1 saturated heterocycles. The molecule has 4 N–H and O–H groups in total. The lowest BCUT2D eigenvalue weighted by molar-refractivity contribution is 0.164. The molecule has 10 heteroatoms. The number of aromatic nitrogens is 2. The molecule has 184 valence electrons. The SMILES string of the molecule is COc1ccc(Cl)cc1NC(=S)NC(=NC1CC(C)(C)NC(C)(C)C1)Nc1nc(C)cc(C)n1. The summed E-state index contributed by atoms with van der Waals surface area (Å²) in [6.45, 7) is 12.6. The average Bonchev–Trinajstić information content (AvgIpc) is 2.64. The number of methoxy groups -OCH3 is 1. The Balaban J connectivity index is 1.87. The zero-order chi connectivity index (χ0) is 25.1. The zero-order valence-corrected chi connectivity index (χ0v) is 22.4. The molecule has 1 aromatic heterocycles. The van der Waals surface area contributed by atoms with Gasteiger partial charge in [-0.15, -0.1) is 0 Å². The van der Waals surface area contributed by atoms with Crippen LogP contribution in [0.1, 0.15) is 51.9 Å². The quantitative estimate of drug-likeness (QED) is 0.268. The summed E-state index contributed by atoms with van der Waals surface area (Å²) in [6, 6.07) is 7.28. The largest absolute Gasteiger partial charge is 0.495 e. The predicted molar refractivity (Wildman–Crippen MR) is 144 cm³/mol. The van der Waals surface area contributed by atoms with Crippen LogP contribution in [0.25, 0.3) is 0 Å². The van der Waals surface area contributed by atoms with Crippen LogP contribution < -0.4 is 26.0 Å². The number of hydrogen-bond donors (Lipinski definition) is 4. The fraction of sp³-hybridized carbons (Fsp3) is 0.500. The van der Waals surface area contributed by atoms with E-state index in [-0.39, 0.29) is 17.1 Å². The van der Waals surface area contributed by atoms with Gasteiger partial charge < -0.3 is 20.7 Å². The molecular formula is C24H34ClN7OS. The summed E-state index contributed by atoms with van der Waals surface area (Å²) >= 11 is 11.8. The number of aryl methyl sites for hydroxylation is 2. The standard InChI is InChI=1S/C24H34ClN7OS/c1-14-10-15(2)27-20(26-14)30-21(28-17-12-23(3,4)32-24(5,6)13-17)31-22(34)29-18-11-16(25)8-9-19(18)33-7/h8-11,17,32H,12-13H2,1-7H3,(H3,26,27,28,29,30,31,34). The van der Waals surface area contributed by atoms with Crippen molar-refractivity contribution in [3.05, 3.63) is 40.7 Å². The molecule has 0 radical (unpaired) electrons. The molecule has 0 unspecified atom stereocenters. The Kier molecular flexibility index (Phi) is 8.00. The molecule has 1 aliphatic heterocycles. The van der Waals surface area contributed by atoms with Crippen LogP contribution in [0.4, 0.5) is 11.6 Å². The average molecular weight is 504 g/mol. The number of rotatable bonds is 4. The lowest BCUT2D eigenvalue weighted by Gasteiger charge is -2.45. The molecule has 1 aliphatic rings. The lowest BCUT2D eigenvalue weighted by atomic mass is 9.80. The van der Waals surface area contributed by atoms with Crippen molar-refractivity contribution in [2.45, 2.75) is 71.5 Å². The van der Waals surface area contributed by atoms with Crippen LogP contribution in [0.2, 0.25) is 5.02 Å². The van der Waals surface area contributed by atoms with Crippen molar-refractivity contribution in [3.8, 4) is 5.75 Å². The minimum Gasteiger partial charge on any atom is -0.495 e. The molecule has 0 saturated carbocycles. The van der Waals surface area contributed by atoms with Crippen LogP contribution in [0.15, 0.2) is 29.3 Å². The third-order valence-corrected chi connectivity index (χ3v) is 5.77. The number of ether oxygens (including phenoxy) is 1. The molecule has 3 rings (SSSR count). The monoisotopic (exact) mass is 503 g/mol. The zero-order valence-electron chi connectivity index (χ0n) is 20.8. The Bertz CT molecular complexity index is 1050. The molecule has 2 heterocycles. The van der Waals surface area contributed by atoms with Gasteiger partial charge in [-0.25, -0.2) is 15.0 Å². The Labute approximate surface area is 212 Å². The Morgan fingerprint density at radius 2 is 1.71 bits per heavy atom. The molecule has 8 nitrogen and oxygen atoms in total. The number of nitrogens with zero attached hydrogens (tertiary/aromatic N) is 3. The normalized spacial score (nSPS) is 17.7. The maximum Gasteiger partial charge on any atom is 0.229 e. The van der Waals surface area contributed by atoms with Crippen LogP contribution in [-0.2, 0) is 0 Å². The lowest BCUT2D eigenvalue weighted by Crippen LogP contribution is -2.59. The molecule has 0 atom stereocenters. The summed E-state index contributed by atoms with van der Waals surface area (Å²) in [4.78, 5) is 14.0. The van der Waals surface area contributed by atoms with E-state index in [1.165, 1.54) is 0 Å². The van der Waals surface area contributed by atoms with E-state index in [0.29, 0.717) is 33.5 Å². The summed E-state index contributed by atoms with van der Waals surface area (Å²) in [7, 11) is 1.59. The first-order valence-corrected chi connectivity index (χ1v) is 12.0. The topological polar surface area (TPSA) is 95.5 Å². The van der Waals surface area contributed by atoms with E-state index in [1.807, 2.05) is 19.9 Å². The fourth-order valence-electron chi connectivity index (χ4n) is 4.56. The number of aliphatic imine (C=N–C) groups is 1. The number of guanidine groups is 1. The number of anilines is 2. The van der Waals surface area contributed by atoms with Crippen LogP contribution >= 0.6 is 23.8 Å². The Morgan fingerprint density at radius 3 is 2.29 bits per heavy atom. The van der Waals surface area contributed by atoms with Gasteiger partial charge >= 0.3 is 0 Å². The molecular weight excluding hydrogens is 470 g/mol. The van der Waals surface area contributed by atoms with Crippen LogP contribution in [-0.4, -0.2) is 45.3 Å². The van der Waals surface area contributed by atoms with Crippen molar-refractivity contribution in [1.82, 2.24) is 20.6 Å². The maximum atomic E-state index is 6.16. The summed E-state index contributed by atoms with van der Waals surface area (Å²) in [5, 5.41) is 14.2. The smallest absolute Gasteiger partial charge is 0.229 e. The fourth-order valence-corrected chi connectivity index (χ4v) is 4.94. The second-order valence-electron chi connectivity index (χ2n) is 9.96. The van der Waals surface area contributed by atoms with Crippen LogP contribution in [0.3, 0.4) is 0 Å². The van der Waals surface area contributed by atoms with Crippen molar-refractivity contribution < 1.29 is 4.74 Å². The van der Waals surface area contributed by atoms with E-state index >= 15 is 0 Å². The molecule has 0 bridgehead atoms. The third-order valence-electron chi connectivity index (χ3n) is 5.33. The minimum atomic E-state index is -0.0512. The summed E-state index contributed by atoms with van der Waals surface area (Å²) < 4.78 is 5.41. The predicted octanol–water partition coefficient (Wildman–Crippen LogP) is 4.82. The van der Waals surface area contributed by atoms with Gasteiger partial charge in [-0.3, -0.25) is 5.32 Å². The van der Waals surface area contributed by atoms with E-state index in [2.05, 4.69) is 58.9 Å². The van der Waals surface area contributed by atoms with E-state index in [1.54, 1.807) is 25.3 Å². The molecule has 0 amide bonds. The molecule has 0 spiro atoms. The van der Waals surface area contributed by atoms with Crippen molar-refractivity contribution in [2.24, 2.45) is 4.99 Å². The van der Waals surface area contributed by atoms with Gasteiger partial charge in [-0.2, -0.15) is 0 Å². The van der Waals surface area contributed by atoms with Crippen molar-refractivity contribution in [1.29, 1.82) is 0 Å². The summed E-state index contributed by atoms with van der Waals surface area (Å²) in [5.41, 5.74) is 2.28. The van der Waals surface area contributed by atoms with Crippen LogP contribution in [0.5, 0.6) is 5.75 Å². The van der Waals surface area contributed by atoms with Crippen LogP contribution in [0, 0.1) is 13.8 Å². The first-order valence-electron chi connectivity index (χ1n) is 11.2. The number of thiocarbonyl (C=S) groups is 1. The number of hydrogen-bond acceptors (Lipinski definition) is 6. The van der Waals surface area contributed by atoms with E-state index in [9.17, 15) is 0 Å². The summed E-state index contributed by atoms with van der Waals surface area (Å²) in [6.07, 6.45) is 1.75. The van der Waals surface area contributed by atoms with Gasteiger partial charge in [0.2, 0.25) is 11.9 Å². The number of halogens is 1. The van der Waals surface area contributed by atoms with Gasteiger partial charge in [0.1, 0.15) is 5.75 Å². The van der Waals surface area contributed by atoms with Gasteiger partial charge in [-0.05, 0) is 90.9 Å². The first kappa shape index (κ1) is 26.1. The van der Waals surface area contributed by atoms with E-state index in [0.717, 1.165) is 24.2 Å². The molecule has 0 aliphatic carbocycles. The van der Waals surface area contributed by atoms with Gasteiger partial charge in [-0.1, -0.05) is 11.6 Å². The van der Waals surface area contributed by atoms with E-state index in [4.69, 9.17) is 33.5 Å². The second-order valence-corrected chi connectivity index (χ2v) is 10.8. The van der Waals surface area contributed by atoms with Crippen molar-refractivity contribution >= 4 is 46.5 Å². The highest BCUT2D eigenvalue weighted by atomic mass is 35.5. The third kappa shape index (κ3) is 7.51. The minimum absolute atomic E-state index is 0.0512.